The number of hydrogen-bond acceptors (Lipinski definition) is 5. The van der Waals surface area contributed by atoms with E-state index in [-0.39, 0.29) is 5.91 Å². The third-order valence-electron chi connectivity index (χ3n) is 4.88. The Morgan fingerprint density at radius 2 is 1.96 bits per heavy atom. The molecule has 0 N–H and O–H groups in total. The molecular formula is C18H28N4O2. The number of likely N-dealkylation sites (N-methyl/N-ethyl adjacent to an activating group) is 1. The molecule has 2 aliphatic heterocycles. The summed E-state index contributed by atoms with van der Waals surface area (Å²) in [6, 6.07) is 3.76. The molecule has 3 heterocycles. The van der Waals surface area contributed by atoms with E-state index in [1.807, 2.05) is 24.1 Å². The fourth-order valence-electron chi connectivity index (χ4n) is 3.27. The van der Waals surface area contributed by atoms with Crippen LogP contribution < -0.4 is 4.90 Å². The summed E-state index contributed by atoms with van der Waals surface area (Å²) in [7, 11) is 2.04. The molecule has 0 saturated carbocycles. The highest BCUT2D eigenvalue weighted by molar-refractivity contribution is 5.94. The summed E-state index contributed by atoms with van der Waals surface area (Å²) in [5.74, 6) is 1.01. The Morgan fingerprint density at radius 3 is 2.71 bits per heavy atom. The topological polar surface area (TPSA) is 48.9 Å². The van der Waals surface area contributed by atoms with E-state index in [1.54, 1.807) is 6.20 Å². The van der Waals surface area contributed by atoms with Crippen molar-refractivity contribution in [3.63, 3.8) is 0 Å². The molecule has 1 aromatic rings. The van der Waals surface area contributed by atoms with Crippen LogP contribution in [0.2, 0.25) is 0 Å². The van der Waals surface area contributed by atoms with E-state index in [2.05, 4.69) is 14.8 Å². The SMILES string of the molecule is CN(CCN1CCOCC1)c1cc(C(=O)N2CCCCC2)ccn1. The van der Waals surface area contributed by atoms with Crippen LogP contribution in [0.5, 0.6) is 0 Å². The van der Waals surface area contributed by atoms with Gasteiger partial charge in [0.25, 0.3) is 5.91 Å². The first-order valence-corrected chi connectivity index (χ1v) is 9.00. The fourth-order valence-corrected chi connectivity index (χ4v) is 3.27. The van der Waals surface area contributed by atoms with E-state index in [0.717, 1.165) is 76.7 Å². The van der Waals surface area contributed by atoms with Crippen molar-refractivity contribution >= 4 is 11.7 Å². The summed E-state index contributed by atoms with van der Waals surface area (Å²) in [4.78, 5) is 23.6. The van der Waals surface area contributed by atoms with Gasteiger partial charge in [-0.2, -0.15) is 0 Å². The molecule has 0 spiro atoms. The Labute approximate surface area is 144 Å². The van der Waals surface area contributed by atoms with Gasteiger partial charge in [-0.1, -0.05) is 0 Å². The lowest BCUT2D eigenvalue weighted by Crippen LogP contribution is -2.41. The summed E-state index contributed by atoms with van der Waals surface area (Å²) in [5, 5.41) is 0. The largest absolute Gasteiger partial charge is 0.379 e. The summed E-state index contributed by atoms with van der Waals surface area (Å²) < 4.78 is 5.38. The maximum absolute atomic E-state index is 12.6. The van der Waals surface area contributed by atoms with Crippen LogP contribution in [0.4, 0.5) is 5.82 Å². The van der Waals surface area contributed by atoms with Crippen LogP contribution in [-0.4, -0.2) is 80.2 Å². The lowest BCUT2D eigenvalue weighted by Gasteiger charge is -2.29. The van der Waals surface area contributed by atoms with E-state index in [0.29, 0.717) is 0 Å². The Kier molecular flexibility index (Phi) is 6.04. The predicted molar refractivity (Wildman–Crippen MR) is 94.5 cm³/mol. The quantitative estimate of drug-likeness (QED) is 0.817. The number of ether oxygens (including phenoxy) is 1. The third kappa shape index (κ3) is 4.45. The number of amides is 1. The molecule has 24 heavy (non-hydrogen) atoms. The van der Waals surface area contributed by atoms with Crippen molar-refractivity contribution in [2.75, 3.05) is 64.4 Å². The molecule has 132 valence electrons. The van der Waals surface area contributed by atoms with E-state index < -0.39 is 0 Å². The van der Waals surface area contributed by atoms with Crippen molar-refractivity contribution in [1.29, 1.82) is 0 Å². The molecule has 6 heteroatoms. The van der Waals surface area contributed by atoms with Crippen molar-refractivity contribution in [2.24, 2.45) is 0 Å². The van der Waals surface area contributed by atoms with Crippen molar-refractivity contribution in [2.45, 2.75) is 19.3 Å². The van der Waals surface area contributed by atoms with Gasteiger partial charge in [-0.25, -0.2) is 4.98 Å². The second-order valence-corrected chi connectivity index (χ2v) is 6.63. The highest BCUT2D eigenvalue weighted by Crippen LogP contribution is 2.16. The molecule has 2 saturated heterocycles. The summed E-state index contributed by atoms with van der Waals surface area (Å²) >= 11 is 0. The lowest BCUT2D eigenvalue weighted by molar-refractivity contribution is 0.0392. The average Bonchev–Trinajstić information content (AvgIpc) is 2.67. The molecule has 0 bridgehead atoms. The number of rotatable bonds is 5. The van der Waals surface area contributed by atoms with E-state index in [9.17, 15) is 4.79 Å². The Balaban J connectivity index is 1.58. The lowest BCUT2D eigenvalue weighted by atomic mass is 10.1. The van der Waals surface area contributed by atoms with Crippen LogP contribution >= 0.6 is 0 Å². The molecule has 0 radical (unpaired) electrons. The number of carbonyl (C=O) groups excluding carboxylic acids is 1. The standard InChI is InChI=1S/C18H28N4O2/c1-20(9-10-21-11-13-24-14-12-21)17-15-16(5-6-19-17)18(23)22-7-3-2-4-8-22/h5-6,15H,2-4,7-14H2,1H3. The van der Waals surface area contributed by atoms with Crippen molar-refractivity contribution < 1.29 is 9.53 Å². The first-order chi connectivity index (χ1) is 11.7. The van der Waals surface area contributed by atoms with Crippen molar-refractivity contribution in [3.05, 3.63) is 23.9 Å². The van der Waals surface area contributed by atoms with Crippen LogP contribution in [0.25, 0.3) is 0 Å². The first kappa shape index (κ1) is 17.2. The van der Waals surface area contributed by atoms with Gasteiger partial charge in [-0.05, 0) is 31.4 Å². The van der Waals surface area contributed by atoms with Crippen LogP contribution in [0.1, 0.15) is 29.6 Å². The molecular weight excluding hydrogens is 304 g/mol. The van der Waals surface area contributed by atoms with Gasteiger partial charge >= 0.3 is 0 Å². The maximum Gasteiger partial charge on any atom is 0.254 e. The monoisotopic (exact) mass is 332 g/mol. The molecule has 2 aliphatic rings. The van der Waals surface area contributed by atoms with Gasteiger partial charge < -0.3 is 14.5 Å². The number of likely N-dealkylation sites (tertiary alicyclic amines) is 1. The second kappa shape index (κ2) is 8.44. The number of nitrogens with zero attached hydrogens (tertiary/aromatic N) is 4. The maximum atomic E-state index is 12.6. The number of carbonyl (C=O) groups is 1. The van der Waals surface area contributed by atoms with Gasteiger partial charge in [-0.3, -0.25) is 9.69 Å². The molecule has 6 nitrogen and oxygen atoms in total. The smallest absolute Gasteiger partial charge is 0.254 e. The van der Waals surface area contributed by atoms with Gasteiger partial charge in [0.05, 0.1) is 13.2 Å². The number of piperidine rings is 1. The number of morpholine rings is 1. The zero-order valence-corrected chi connectivity index (χ0v) is 14.6. The Bertz CT molecular complexity index is 540. The van der Waals surface area contributed by atoms with E-state index in [4.69, 9.17) is 4.74 Å². The van der Waals surface area contributed by atoms with Crippen LogP contribution in [0.3, 0.4) is 0 Å². The summed E-state index contributed by atoms with van der Waals surface area (Å²) in [6.45, 7) is 7.28. The molecule has 2 fully saturated rings. The van der Waals surface area contributed by atoms with Gasteiger partial charge in [0.2, 0.25) is 0 Å². The Morgan fingerprint density at radius 1 is 1.21 bits per heavy atom. The van der Waals surface area contributed by atoms with Gasteiger partial charge in [0, 0.05) is 58.1 Å². The van der Waals surface area contributed by atoms with E-state index in [1.165, 1.54) is 6.42 Å². The minimum atomic E-state index is 0.139. The predicted octanol–water partition coefficient (Wildman–Crippen LogP) is 1.48. The molecule has 0 aliphatic carbocycles. The summed E-state index contributed by atoms with van der Waals surface area (Å²) in [5.41, 5.74) is 0.750. The zero-order valence-electron chi connectivity index (χ0n) is 14.6. The average molecular weight is 332 g/mol. The molecule has 0 unspecified atom stereocenters. The molecule has 1 amide bonds. The third-order valence-corrected chi connectivity index (χ3v) is 4.88. The Hall–Kier alpha value is -1.66. The number of pyridine rings is 1. The number of aromatic nitrogens is 1. The summed E-state index contributed by atoms with van der Waals surface area (Å²) in [6.07, 6.45) is 5.21. The zero-order chi connectivity index (χ0) is 16.8. The van der Waals surface area contributed by atoms with Crippen molar-refractivity contribution in [3.8, 4) is 0 Å². The normalized spacial score (nSPS) is 19.3. The molecule has 1 aromatic heterocycles. The number of anilines is 1. The van der Waals surface area contributed by atoms with Gasteiger partial charge in [0.1, 0.15) is 5.82 Å². The molecule has 0 aromatic carbocycles. The van der Waals surface area contributed by atoms with Crippen LogP contribution in [0, 0.1) is 0 Å². The molecule has 3 rings (SSSR count). The van der Waals surface area contributed by atoms with E-state index >= 15 is 0 Å². The minimum absolute atomic E-state index is 0.139. The number of hydrogen-bond donors (Lipinski definition) is 0. The second-order valence-electron chi connectivity index (χ2n) is 6.63. The van der Waals surface area contributed by atoms with Crippen molar-refractivity contribution in [1.82, 2.24) is 14.8 Å². The van der Waals surface area contributed by atoms with Crippen LogP contribution in [0.15, 0.2) is 18.3 Å². The van der Waals surface area contributed by atoms with Gasteiger partial charge in [0.15, 0.2) is 0 Å². The highest BCUT2D eigenvalue weighted by atomic mass is 16.5. The minimum Gasteiger partial charge on any atom is -0.379 e. The molecule has 0 atom stereocenters. The van der Waals surface area contributed by atoms with Gasteiger partial charge in [-0.15, -0.1) is 0 Å². The fraction of sp³-hybridized carbons (Fsp3) is 0.667. The van der Waals surface area contributed by atoms with Crippen LogP contribution in [-0.2, 0) is 4.74 Å². The first-order valence-electron chi connectivity index (χ1n) is 9.00. The highest BCUT2D eigenvalue weighted by Gasteiger charge is 2.19.